The smallest absolute Gasteiger partial charge is 0.122 e. The van der Waals surface area contributed by atoms with Gasteiger partial charge < -0.3 is 10.6 Å². The van der Waals surface area contributed by atoms with Crippen molar-refractivity contribution in [2.75, 3.05) is 10.6 Å². The van der Waals surface area contributed by atoms with Gasteiger partial charge in [0.05, 0.1) is 0 Å². The predicted molar refractivity (Wildman–Crippen MR) is 124 cm³/mol. The van der Waals surface area contributed by atoms with Crippen molar-refractivity contribution in [3.05, 3.63) is 130 Å². The third-order valence-electron chi connectivity index (χ3n) is 6.78. The number of benzene rings is 4. The van der Waals surface area contributed by atoms with Crippen LogP contribution in [-0.4, -0.2) is 0 Å². The number of nitrogens with one attached hydrogen (secondary N) is 2. The van der Waals surface area contributed by atoms with Crippen molar-refractivity contribution in [1.29, 1.82) is 0 Å². The predicted octanol–water partition coefficient (Wildman–Crippen LogP) is 6.34. The number of hydrogen-bond donors (Lipinski definition) is 2. The Balaban J connectivity index is 1.79. The molecular weight excluding hydrogens is 364 g/mol. The quantitative estimate of drug-likeness (QED) is 0.418. The molecule has 2 aliphatic heterocycles. The Morgan fingerprint density at radius 1 is 0.500 bits per heavy atom. The maximum atomic E-state index is 4.01. The fraction of sp³-hybridized carbons (Fsp3) is 0.143. The molecule has 4 aromatic rings. The Bertz CT molecular complexity index is 1160. The van der Waals surface area contributed by atoms with Crippen LogP contribution in [0.5, 0.6) is 0 Å². The van der Waals surface area contributed by atoms with Crippen LogP contribution in [0.25, 0.3) is 0 Å². The Morgan fingerprint density at radius 3 is 1.30 bits per heavy atom. The topological polar surface area (TPSA) is 24.1 Å². The van der Waals surface area contributed by atoms with Crippen molar-refractivity contribution in [3.8, 4) is 0 Å². The lowest BCUT2D eigenvalue weighted by Crippen LogP contribution is -2.51. The van der Waals surface area contributed by atoms with E-state index >= 15 is 0 Å². The highest BCUT2D eigenvalue weighted by molar-refractivity contribution is 5.84. The molecule has 4 aromatic carbocycles. The molecule has 0 aromatic heterocycles. The second-order valence-electron chi connectivity index (χ2n) is 8.58. The van der Waals surface area contributed by atoms with Gasteiger partial charge in [0, 0.05) is 22.5 Å². The van der Waals surface area contributed by atoms with E-state index in [0.29, 0.717) is 0 Å². The lowest BCUT2D eigenvalue weighted by Gasteiger charge is -2.42. The van der Waals surface area contributed by atoms with Crippen molar-refractivity contribution >= 4 is 11.4 Å². The molecule has 0 bridgehead atoms. The summed E-state index contributed by atoms with van der Waals surface area (Å²) < 4.78 is 0. The molecule has 2 N–H and O–H groups in total. The van der Waals surface area contributed by atoms with Crippen molar-refractivity contribution in [2.45, 2.75) is 24.9 Å². The molecule has 2 nitrogen and oxygen atoms in total. The van der Waals surface area contributed by atoms with Gasteiger partial charge in [-0.25, -0.2) is 0 Å². The second-order valence-corrected chi connectivity index (χ2v) is 8.58. The van der Waals surface area contributed by atoms with Crippen LogP contribution < -0.4 is 10.6 Å². The van der Waals surface area contributed by atoms with Crippen LogP contribution in [-0.2, 0) is 11.1 Å². The zero-order chi connectivity index (χ0) is 20.3. The van der Waals surface area contributed by atoms with Gasteiger partial charge in [-0.15, -0.1) is 0 Å². The van der Waals surface area contributed by atoms with Crippen LogP contribution in [0.2, 0.25) is 0 Å². The maximum absolute atomic E-state index is 4.01. The average molecular weight is 389 g/mol. The zero-order valence-electron chi connectivity index (χ0n) is 17.2. The van der Waals surface area contributed by atoms with Gasteiger partial charge in [0.25, 0.3) is 0 Å². The lowest BCUT2D eigenvalue weighted by atomic mass is 9.66. The van der Waals surface area contributed by atoms with Crippen molar-refractivity contribution < 1.29 is 0 Å². The van der Waals surface area contributed by atoms with Gasteiger partial charge in [0.1, 0.15) is 11.1 Å². The van der Waals surface area contributed by atoms with E-state index in [0.717, 1.165) is 0 Å². The molecule has 0 unspecified atom stereocenters. The van der Waals surface area contributed by atoms with Crippen LogP contribution in [0.3, 0.4) is 0 Å². The van der Waals surface area contributed by atoms with Gasteiger partial charge in [-0.3, -0.25) is 0 Å². The molecule has 2 aliphatic rings. The van der Waals surface area contributed by atoms with Gasteiger partial charge in [0.15, 0.2) is 0 Å². The largest absolute Gasteiger partial charge is 0.369 e. The summed E-state index contributed by atoms with van der Waals surface area (Å²) in [6, 6.07) is 35.3. The van der Waals surface area contributed by atoms with E-state index in [1.165, 1.54) is 44.8 Å². The van der Waals surface area contributed by atoms with Crippen LogP contribution >= 0.6 is 0 Å². The molecular formula is C28H24N2. The van der Waals surface area contributed by atoms with Crippen molar-refractivity contribution in [2.24, 2.45) is 0 Å². The molecule has 0 amide bonds. The van der Waals surface area contributed by atoms with Gasteiger partial charge in [-0.05, 0) is 37.1 Å². The summed E-state index contributed by atoms with van der Waals surface area (Å²) in [4.78, 5) is 0. The molecule has 2 heteroatoms. The highest BCUT2D eigenvalue weighted by Crippen LogP contribution is 2.64. The summed E-state index contributed by atoms with van der Waals surface area (Å²) >= 11 is 0. The Kier molecular flexibility index (Phi) is 3.47. The number of fused-ring (bicyclic) bond motifs is 5. The minimum Gasteiger partial charge on any atom is -0.369 e. The van der Waals surface area contributed by atoms with Crippen molar-refractivity contribution in [3.63, 3.8) is 0 Å². The molecule has 0 saturated heterocycles. The third kappa shape index (κ3) is 2.03. The molecule has 0 radical (unpaired) electrons. The summed E-state index contributed by atoms with van der Waals surface area (Å²) in [7, 11) is 0. The fourth-order valence-corrected chi connectivity index (χ4v) is 5.55. The first-order valence-electron chi connectivity index (χ1n) is 10.5. The molecule has 0 aliphatic carbocycles. The normalized spacial score (nSPS) is 23.1. The van der Waals surface area contributed by atoms with Crippen LogP contribution in [0, 0.1) is 13.8 Å². The summed E-state index contributed by atoms with van der Waals surface area (Å²) in [5.41, 5.74) is 9.16. The minimum atomic E-state index is -0.437. The third-order valence-corrected chi connectivity index (χ3v) is 6.78. The molecule has 0 fully saturated rings. The molecule has 0 saturated carbocycles. The second kappa shape index (κ2) is 5.99. The van der Waals surface area contributed by atoms with E-state index < -0.39 is 11.1 Å². The zero-order valence-corrected chi connectivity index (χ0v) is 17.2. The molecule has 146 valence electrons. The van der Waals surface area contributed by atoms with Gasteiger partial charge in [-0.1, -0.05) is 96.1 Å². The monoisotopic (exact) mass is 388 g/mol. The van der Waals surface area contributed by atoms with Crippen molar-refractivity contribution in [1.82, 2.24) is 0 Å². The highest BCUT2D eigenvalue weighted by Gasteiger charge is 2.65. The van der Waals surface area contributed by atoms with E-state index in [4.69, 9.17) is 0 Å². The number of anilines is 2. The SMILES string of the molecule is Cc1ccc2c(c1)[C@@]1(c3ccccc3)Nc3ccc(C)cc3[C@@]1(c1ccccc1)N2. The van der Waals surface area contributed by atoms with Crippen LogP contribution in [0.4, 0.5) is 11.4 Å². The summed E-state index contributed by atoms with van der Waals surface area (Å²) in [5.74, 6) is 0. The standard InChI is InChI=1S/C28H24N2/c1-19-13-15-25-23(17-19)27(21-9-5-3-6-10-21)28(29-25,22-11-7-4-8-12-22)24-18-20(2)14-16-26(24)30-27/h3-18,29-30H,1-2H3/t27-,28-/m1/s1. The number of aryl methyl sites for hydroxylation is 2. The molecule has 2 atom stereocenters. The first kappa shape index (κ1) is 17.3. The molecule has 0 spiro atoms. The summed E-state index contributed by atoms with van der Waals surface area (Å²) in [6.07, 6.45) is 0. The Labute approximate surface area is 177 Å². The fourth-order valence-electron chi connectivity index (χ4n) is 5.55. The lowest BCUT2D eigenvalue weighted by molar-refractivity contribution is 0.439. The Hall–Kier alpha value is -3.52. The van der Waals surface area contributed by atoms with E-state index in [1.54, 1.807) is 0 Å². The average Bonchev–Trinajstić information content (AvgIpc) is 3.23. The molecule has 2 heterocycles. The molecule has 6 rings (SSSR count). The van der Waals surface area contributed by atoms with E-state index in [-0.39, 0.29) is 0 Å². The van der Waals surface area contributed by atoms with E-state index in [2.05, 4.69) is 122 Å². The van der Waals surface area contributed by atoms with Gasteiger partial charge in [-0.2, -0.15) is 0 Å². The van der Waals surface area contributed by atoms with E-state index in [9.17, 15) is 0 Å². The maximum Gasteiger partial charge on any atom is 0.122 e. The molecule has 30 heavy (non-hydrogen) atoms. The first-order chi connectivity index (χ1) is 14.6. The van der Waals surface area contributed by atoms with Crippen LogP contribution in [0.1, 0.15) is 33.4 Å². The summed E-state index contributed by atoms with van der Waals surface area (Å²) in [5, 5.41) is 8.03. The Morgan fingerprint density at radius 2 is 0.900 bits per heavy atom. The van der Waals surface area contributed by atoms with Crippen LogP contribution in [0.15, 0.2) is 97.1 Å². The minimum absolute atomic E-state index is 0.437. The first-order valence-corrected chi connectivity index (χ1v) is 10.5. The van der Waals surface area contributed by atoms with Gasteiger partial charge in [0.2, 0.25) is 0 Å². The number of hydrogen-bond acceptors (Lipinski definition) is 2. The number of rotatable bonds is 2. The van der Waals surface area contributed by atoms with Gasteiger partial charge >= 0.3 is 0 Å². The highest BCUT2D eigenvalue weighted by atomic mass is 15.2. The summed E-state index contributed by atoms with van der Waals surface area (Å²) in [6.45, 7) is 4.35. The van der Waals surface area contributed by atoms with E-state index in [1.807, 2.05) is 0 Å².